The number of ether oxygens (including phenoxy) is 1. The van der Waals surface area contributed by atoms with E-state index in [-0.39, 0.29) is 5.97 Å². The van der Waals surface area contributed by atoms with Crippen molar-refractivity contribution in [1.82, 2.24) is 4.57 Å². The Hall–Kier alpha value is -3.06. The SMILES string of the molecule is CC(=O)OCCc1ccc2cc(C)n(-c3ccc(C#N)cc3)c2c1. The predicted molar refractivity (Wildman–Crippen MR) is 93.1 cm³/mol. The first-order valence-electron chi connectivity index (χ1n) is 7.83. The topological polar surface area (TPSA) is 55.0 Å². The molecule has 1 aromatic heterocycles. The molecule has 0 spiro atoms. The van der Waals surface area contributed by atoms with Crippen LogP contribution in [0.5, 0.6) is 0 Å². The molecule has 120 valence electrons. The fourth-order valence-electron chi connectivity index (χ4n) is 2.88. The molecule has 0 saturated carbocycles. The second-order valence-corrected chi connectivity index (χ2v) is 5.76. The third-order valence-electron chi connectivity index (χ3n) is 4.00. The minimum atomic E-state index is -0.257. The third kappa shape index (κ3) is 3.16. The highest BCUT2D eigenvalue weighted by Gasteiger charge is 2.09. The van der Waals surface area contributed by atoms with Gasteiger partial charge in [-0.25, -0.2) is 0 Å². The summed E-state index contributed by atoms with van der Waals surface area (Å²) in [4.78, 5) is 10.9. The normalized spacial score (nSPS) is 10.5. The smallest absolute Gasteiger partial charge is 0.302 e. The van der Waals surface area contributed by atoms with Gasteiger partial charge < -0.3 is 9.30 Å². The highest BCUT2D eigenvalue weighted by molar-refractivity contribution is 5.84. The van der Waals surface area contributed by atoms with Gasteiger partial charge in [-0.15, -0.1) is 0 Å². The van der Waals surface area contributed by atoms with Crippen LogP contribution in [0, 0.1) is 18.3 Å². The van der Waals surface area contributed by atoms with Crippen LogP contribution >= 0.6 is 0 Å². The van der Waals surface area contributed by atoms with E-state index < -0.39 is 0 Å². The van der Waals surface area contributed by atoms with E-state index in [2.05, 4.69) is 41.8 Å². The maximum absolute atomic E-state index is 10.9. The number of carbonyl (C=O) groups is 1. The Labute approximate surface area is 140 Å². The summed E-state index contributed by atoms with van der Waals surface area (Å²) in [7, 11) is 0. The number of carbonyl (C=O) groups excluding carboxylic acids is 1. The summed E-state index contributed by atoms with van der Waals surface area (Å²) in [6.45, 7) is 3.87. The number of hydrogen-bond donors (Lipinski definition) is 0. The molecular weight excluding hydrogens is 300 g/mol. The average Bonchev–Trinajstić information content (AvgIpc) is 2.90. The molecule has 1 heterocycles. The lowest BCUT2D eigenvalue weighted by Gasteiger charge is -2.10. The van der Waals surface area contributed by atoms with Gasteiger partial charge in [-0.2, -0.15) is 5.26 Å². The Kier molecular flexibility index (Phi) is 4.35. The molecule has 0 aliphatic rings. The minimum Gasteiger partial charge on any atom is -0.466 e. The van der Waals surface area contributed by atoms with Crippen molar-refractivity contribution in [3.63, 3.8) is 0 Å². The van der Waals surface area contributed by atoms with Crippen LogP contribution < -0.4 is 0 Å². The van der Waals surface area contributed by atoms with Crippen LogP contribution in [0.25, 0.3) is 16.6 Å². The van der Waals surface area contributed by atoms with Gasteiger partial charge in [-0.1, -0.05) is 12.1 Å². The fourth-order valence-corrected chi connectivity index (χ4v) is 2.88. The summed E-state index contributed by atoms with van der Waals surface area (Å²) < 4.78 is 7.20. The summed E-state index contributed by atoms with van der Waals surface area (Å²) in [5.41, 5.74) is 5.04. The molecular formula is C20H18N2O2. The Morgan fingerprint density at radius 1 is 1.17 bits per heavy atom. The number of nitrogens with zero attached hydrogens (tertiary/aromatic N) is 2. The van der Waals surface area contributed by atoms with Gasteiger partial charge in [0.05, 0.1) is 23.8 Å². The molecule has 0 aliphatic carbocycles. The summed E-state index contributed by atoms with van der Waals surface area (Å²) in [5, 5.41) is 10.1. The number of benzene rings is 2. The van der Waals surface area contributed by atoms with Crippen molar-refractivity contribution in [2.24, 2.45) is 0 Å². The standard InChI is InChI=1S/C20H18N2O2/c1-14-11-18-6-3-16(9-10-24-15(2)23)12-20(18)22(14)19-7-4-17(13-21)5-8-19/h3-8,11-12H,9-10H2,1-2H3. The first-order valence-corrected chi connectivity index (χ1v) is 7.83. The van der Waals surface area contributed by atoms with Crippen molar-refractivity contribution in [3.8, 4) is 11.8 Å². The second kappa shape index (κ2) is 6.59. The molecule has 0 saturated heterocycles. The van der Waals surface area contributed by atoms with Gasteiger partial charge >= 0.3 is 5.97 Å². The van der Waals surface area contributed by atoms with E-state index in [0.717, 1.165) is 27.8 Å². The van der Waals surface area contributed by atoms with Crippen molar-refractivity contribution in [2.45, 2.75) is 20.3 Å². The van der Waals surface area contributed by atoms with Crippen LogP contribution in [0.3, 0.4) is 0 Å². The molecule has 2 aromatic carbocycles. The summed E-state index contributed by atoms with van der Waals surface area (Å²) >= 11 is 0. The van der Waals surface area contributed by atoms with Crippen molar-refractivity contribution in [3.05, 3.63) is 65.4 Å². The largest absolute Gasteiger partial charge is 0.466 e. The van der Waals surface area contributed by atoms with E-state index >= 15 is 0 Å². The number of rotatable bonds is 4. The highest BCUT2D eigenvalue weighted by atomic mass is 16.5. The van der Waals surface area contributed by atoms with E-state index in [1.807, 2.05) is 24.3 Å². The van der Waals surface area contributed by atoms with Gasteiger partial charge in [0.15, 0.2) is 0 Å². The molecule has 24 heavy (non-hydrogen) atoms. The van der Waals surface area contributed by atoms with E-state index in [1.165, 1.54) is 6.92 Å². The Balaban J connectivity index is 1.98. The van der Waals surface area contributed by atoms with Crippen LogP contribution in [0.4, 0.5) is 0 Å². The number of nitriles is 1. The number of hydrogen-bond acceptors (Lipinski definition) is 3. The Morgan fingerprint density at radius 3 is 2.58 bits per heavy atom. The van der Waals surface area contributed by atoms with Crippen LogP contribution in [0.15, 0.2) is 48.5 Å². The van der Waals surface area contributed by atoms with Gasteiger partial charge in [-0.05, 0) is 48.9 Å². The molecule has 0 unspecified atom stereocenters. The summed E-state index contributed by atoms with van der Waals surface area (Å²) in [6.07, 6.45) is 0.688. The molecule has 3 aromatic rings. The zero-order chi connectivity index (χ0) is 17.1. The maximum Gasteiger partial charge on any atom is 0.302 e. The van der Waals surface area contributed by atoms with E-state index in [4.69, 9.17) is 10.00 Å². The van der Waals surface area contributed by atoms with E-state index in [9.17, 15) is 4.79 Å². The highest BCUT2D eigenvalue weighted by Crippen LogP contribution is 2.25. The molecule has 0 N–H and O–H groups in total. The zero-order valence-corrected chi connectivity index (χ0v) is 13.7. The number of aryl methyl sites for hydroxylation is 1. The lowest BCUT2D eigenvalue weighted by Crippen LogP contribution is -2.03. The number of fused-ring (bicyclic) bond motifs is 1. The molecule has 0 bridgehead atoms. The Bertz CT molecular complexity index is 931. The first kappa shape index (κ1) is 15.8. The zero-order valence-electron chi connectivity index (χ0n) is 13.7. The van der Waals surface area contributed by atoms with Crippen LogP contribution in [-0.2, 0) is 16.0 Å². The molecule has 0 atom stereocenters. The van der Waals surface area contributed by atoms with Gasteiger partial charge in [0.25, 0.3) is 0 Å². The van der Waals surface area contributed by atoms with E-state index in [1.54, 1.807) is 0 Å². The van der Waals surface area contributed by atoms with Crippen molar-refractivity contribution in [1.29, 1.82) is 5.26 Å². The van der Waals surface area contributed by atoms with Crippen LogP contribution in [-0.4, -0.2) is 17.1 Å². The molecule has 0 amide bonds. The average molecular weight is 318 g/mol. The predicted octanol–water partition coefficient (Wildman–Crippen LogP) is 3.92. The first-order chi connectivity index (χ1) is 11.6. The quantitative estimate of drug-likeness (QED) is 0.685. The van der Waals surface area contributed by atoms with Crippen molar-refractivity contribution < 1.29 is 9.53 Å². The van der Waals surface area contributed by atoms with Crippen molar-refractivity contribution >= 4 is 16.9 Å². The maximum atomic E-state index is 10.9. The number of esters is 1. The molecule has 0 radical (unpaired) electrons. The van der Waals surface area contributed by atoms with Gasteiger partial charge in [-0.3, -0.25) is 4.79 Å². The van der Waals surface area contributed by atoms with Crippen LogP contribution in [0.2, 0.25) is 0 Å². The lowest BCUT2D eigenvalue weighted by atomic mass is 10.1. The second-order valence-electron chi connectivity index (χ2n) is 5.76. The van der Waals surface area contributed by atoms with E-state index in [0.29, 0.717) is 18.6 Å². The van der Waals surface area contributed by atoms with Crippen molar-refractivity contribution in [2.75, 3.05) is 6.61 Å². The van der Waals surface area contributed by atoms with Gasteiger partial charge in [0.2, 0.25) is 0 Å². The summed E-state index contributed by atoms with van der Waals surface area (Å²) in [5.74, 6) is -0.257. The van der Waals surface area contributed by atoms with Gasteiger partial charge in [0.1, 0.15) is 0 Å². The minimum absolute atomic E-state index is 0.257. The molecule has 3 rings (SSSR count). The third-order valence-corrected chi connectivity index (χ3v) is 4.00. The van der Waals surface area contributed by atoms with Crippen LogP contribution in [0.1, 0.15) is 23.7 Å². The summed E-state index contributed by atoms with van der Waals surface area (Å²) in [6, 6.07) is 18.1. The molecule has 4 nitrogen and oxygen atoms in total. The molecule has 0 aliphatic heterocycles. The fraction of sp³-hybridized carbons (Fsp3) is 0.200. The lowest BCUT2D eigenvalue weighted by molar-refractivity contribution is -0.140. The van der Waals surface area contributed by atoms with Gasteiger partial charge in [0, 0.05) is 30.1 Å². The monoisotopic (exact) mass is 318 g/mol. The Morgan fingerprint density at radius 2 is 1.92 bits per heavy atom. The molecule has 4 heteroatoms. The number of aromatic nitrogens is 1. The molecule has 0 fully saturated rings.